The summed E-state index contributed by atoms with van der Waals surface area (Å²) in [6, 6.07) is 0. The number of phosphoric ester groups is 3. The maximum atomic E-state index is 12.7. The third-order valence-electron chi connectivity index (χ3n) is 8.10. The first-order valence-electron chi connectivity index (χ1n) is 18.0. The van der Waals surface area contributed by atoms with Gasteiger partial charge in [0, 0.05) is 69.9 Å². The van der Waals surface area contributed by atoms with E-state index in [4.69, 9.17) is 25.3 Å². The summed E-state index contributed by atoms with van der Waals surface area (Å²) in [4.78, 5) is 75.3. The van der Waals surface area contributed by atoms with Crippen molar-refractivity contribution in [3.05, 3.63) is 12.7 Å². The first kappa shape index (κ1) is 51.2. The van der Waals surface area contributed by atoms with Crippen LogP contribution in [-0.2, 0) is 45.9 Å². The topological polar surface area (TPSA) is 409 Å². The highest BCUT2D eigenvalue weighted by Gasteiger charge is 2.50. The number of aromatic nitrogens is 4. The summed E-state index contributed by atoms with van der Waals surface area (Å²) in [7, 11) is -16.2. The van der Waals surface area contributed by atoms with Crippen LogP contribution in [0.2, 0.25) is 0 Å². The third kappa shape index (κ3) is 18.0. The number of nitrogens with two attached hydrogens (primary N) is 2. The first-order chi connectivity index (χ1) is 27.6. The lowest BCUT2D eigenvalue weighted by atomic mass is 9.92. The molecule has 0 saturated carbocycles. The van der Waals surface area contributed by atoms with Crippen molar-refractivity contribution < 1.29 is 75.7 Å². The quantitative estimate of drug-likeness (QED) is 0.0217. The van der Waals surface area contributed by atoms with Gasteiger partial charge in [0.25, 0.3) is 0 Å². The molecule has 0 bridgehead atoms. The molecule has 1 aliphatic heterocycles. The van der Waals surface area contributed by atoms with Gasteiger partial charge in [0.15, 0.2) is 17.7 Å². The Bertz CT molecular complexity index is 1800. The molecule has 3 heterocycles. The van der Waals surface area contributed by atoms with Crippen LogP contribution in [0.4, 0.5) is 5.82 Å². The number of ether oxygens (including phenoxy) is 1. The fourth-order valence-electron chi connectivity index (χ4n) is 5.09. The zero-order chi connectivity index (χ0) is 43.9. The van der Waals surface area contributed by atoms with Crippen LogP contribution in [0, 0.1) is 5.41 Å². The van der Waals surface area contributed by atoms with Crippen molar-refractivity contribution >= 4 is 63.2 Å². The van der Waals surface area contributed by atoms with Gasteiger partial charge in [-0.25, -0.2) is 28.6 Å². The van der Waals surface area contributed by atoms with Crippen molar-refractivity contribution in [2.75, 3.05) is 83.6 Å². The lowest BCUT2D eigenvalue weighted by Crippen LogP contribution is -2.45. The predicted molar refractivity (Wildman–Crippen MR) is 210 cm³/mol. The smallest absolute Gasteiger partial charge is 0.386 e. The number of nitrogen functional groups attached to an aromatic ring is 1. The zero-order valence-corrected chi connectivity index (χ0v) is 35.7. The minimum atomic E-state index is -5.51. The third-order valence-corrected chi connectivity index (χ3v) is 12.1. The Hall–Kier alpha value is -2.11. The second kappa shape index (κ2) is 23.9. The molecule has 1 amide bonds. The Morgan fingerprint density at radius 2 is 1.64 bits per heavy atom. The van der Waals surface area contributed by atoms with Gasteiger partial charge in [-0.05, 0) is 0 Å². The molecule has 0 aliphatic carbocycles. The number of thioether (sulfide) groups is 1. The van der Waals surface area contributed by atoms with Crippen LogP contribution in [-0.4, -0.2) is 163 Å². The average Bonchev–Trinajstić information content (AvgIpc) is 3.71. The van der Waals surface area contributed by atoms with Crippen molar-refractivity contribution in [2.45, 2.75) is 51.0 Å². The maximum absolute atomic E-state index is 12.7. The van der Waals surface area contributed by atoms with Crippen molar-refractivity contribution in [3.63, 3.8) is 0 Å². The van der Waals surface area contributed by atoms with E-state index in [-0.39, 0.29) is 54.1 Å². The van der Waals surface area contributed by atoms with Crippen LogP contribution in [0.25, 0.3) is 11.2 Å². The number of carbonyl (C=O) groups is 2. The highest BCUT2D eigenvalue weighted by molar-refractivity contribution is 8.13. The Morgan fingerprint density at radius 3 is 2.32 bits per heavy atom. The van der Waals surface area contributed by atoms with E-state index >= 15 is 0 Å². The SMILES string of the molecule is CC(C)(COP(=O)(O)OP(=O)(O)OC[C@H]1O[C@@H](n2cnc3c(N)ncnc32)[C@H](O)[C@@H]1OP(=O)(O)O)C(O)NCCC(=O)NCCSC(=O)CNCCNCCNCCN. The summed E-state index contributed by atoms with van der Waals surface area (Å²) >= 11 is 1.07. The number of fused-ring (bicyclic) bond motifs is 1. The fraction of sp³-hybridized carbons (Fsp3) is 0.750. The zero-order valence-electron chi connectivity index (χ0n) is 32.2. The lowest BCUT2D eigenvalue weighted by molar-refractivity contribution is -0.121. The van der Waals surface area contributed by atoms with E-state index in [2.05, 4.69) is 50.4 Å². The number of amides is 1. The number of anilines is 1. The van der Waals surface area contributed by atoms with E-state index in [9.17, 15) is 53.1 Å². The summed E-state index contributed by atoms with van der Waals surface area (Å²) in [6.07, 6.45) is -6.23. The molecule has 7 atom stereocenters. The standard InChI is InChI=1S/C28H54N11O16P3S/c1-28(2,27(43)35-5-3-19(40)34-11-12-59-20(41)13-33-10-9-32-8-7-31-6-4-29)15-52-58(49,50)55-57(47,48)51-14-18-23(54-56(44,45)46)22(42)26(53-18)39-17-38-21-24(30)36-16-37-25(21)39/h16-18,22-23,26-27,31-33,35,42-43H,3-15,29H2,1-2H3,(H,34,40)(H,47,48)(H,49,50)(H2,30,36,37)(H2,44,45,46)/t18-,22-,23-,26-,27?/m1/s1. The van der Waals surface area contributed by atoms with Gasteiger partial charge in [0.1, 0.15) is 36.4 Å². The number of aliphatic hydroxyl groups excluding tert-OH is 2. The van der Waals surface area contributed by atoms with Crippen molar-refractivity contribution in [1.29, 1.82) is 0 Å². The Morgan fingerprint density at radius 1 is 0.983 bits per heavy atom. The molecule has 27 nitrogen and oxygen atoms in total. The summed E-state index contributed by atoms with van der Waals surface area (Å²) in [5.74, 6) is -0.0454. The second-order valence-electron chi connectivity index (χ2n) is 13.4. The van der Waals surface area contributed by atoms with Crippen molar-refractivity contribution in [1.82, 2.24) is 46.1 Å². The van der Waals surface area contributed by atoms with E-state index in [1.165, 1.54) is 13.8 Å². The number of carbonyl (C=O) groups excluding carboxylic acids is 2. The van der Waals surface area contributed by atoms with Crippen LogP contribution in [0.5, 0.6) is 0 Å². The first-order valence-corrected chi connectivity index (χ1v) is 23.5. The summed E-state index contributed by atoms with van der Waals surface area (Å²) in [5, 5.41) is 36.2. The highest BCUT2D eigenvalue weighted by Crippen LogP contribution is 2.61. The van der Waals surface area contributed by atoms with Gasteiger partial charge >= 0.3 is 23.5 Å². The largest absolute Gasteiger partial charge is 0.481 e. The minimum absolute atomic E-state index is 0.0269. The minimum Gasteiger partial charge on any atom is -0.386 e. The van der Waals surface area contributed by atoms with E-state index in [0.717, 1.165) is 48.6 Å². The van der Waals surface area contributed by atoms with Gasteiger partial charge in [-0.2, -0.15) is 4.31 Å². The van der Waals surface area contributed by atoms with Crippen LogP contribution < -0.4 is 38.1 Å². The second-order valence-corrected chi connectivity index (χ2v) is 18.8. The Balaban J connectivity index is 1.37. The molecular formula is C28H54N11O16P3S. The molecular weight excluding hydrogens is 871 g/mol. The van der Waals surface area contributed by atoms with Crippen LogP contribution >= 0.6 is 35.2 Å². The Kier molecular flexibility index (Phi) is 20.8. The number of phosphoric acid groups is 3. The van der Waals surface area contributed by atoms with Gasteiger partial charge in [-0.15, -0.1) is 0 Å². The Labute approximate surface area is 342 Å². The molecule has 338 valence electrons. The summed E-state index contributed by atoms with van der Waals surface area (Å²) in [6.45, 7) is 5.62. The van der Waals surface area contributed by atoms with Gasteiger partial charge < -0.3 is 67.3 Å². The normalized spacial score (nSPS) is 21.3. The molecule has 1 aliphatic rings. The highest BCUT2D eigenvalue weighted by atomic mass is 32.2. The molecule has 31 heteroatoms. The number of hydrogen-bond acceptors (Lipinski definition) is 22. The number of imidazole rings is 1. The number of hydrogen-bond donors (Lipinski definition) is 13. The van der Waals surface area contributed by atoms with Gasteiger partial charge in [0.2, 0.25) is 11.0 Å². The van der Waals surface area contributed by atoms with Crippen LogP contribution in [0.1, 0.15) is 26.5 Å². The van der Waals surface area contributed by atoms with Crippen molar-refractivity contribution in [3.8, 4) is 0 Å². The van der Waals surface area contributed by atoms with Crippen LogP contribution in [0.3, 0.4) is 0 Å². The van der Waals surface area contributed by atoms with Gasteiger partial charge in [-0.3, -0.25) is 33.0 Å². The molecule has 1 saturated heterocycles. The molecule has 3 unspecified atom stereocenters. The van der Waals surface area contributed by atoms with Crippen molar-refractivity contribution in [2.24, 2.45) is 11.1 Å². The molecule has 0 aromatic carbocycles. The van der Waals surface area contributed by atoms with E-state index in [1.54, 1.807) is 0 Å². The molecule has 2 aromatic rings. The lowest BCUT2D eigenvalue weighted by Gasteiger charge is -2.31. The number of nitrogens with zero attached hydrogens (tertiary/aromatic N) is 4. The molecule has 59 heavy (non-hydrogen) atoms. The van der Waals surface area contributed by atoms with Crippen LogP contribution in [0.15, 0.2) is 12.7 Å². The van der Waals surface area contributed by atoms with Gasteiger partial charge in [-0.1, -0.05) is 25.6 Å². The monoisotopic (exact) mass is 925 g/mol. The molecule has 1 fully saturated rings. The predicted octanol–water partition coefficient (Wildman–Crippen LogP) is -3.18. The molecule has 2 aromatic heterocycles. The average molecular weight is 926 g/mol. The maximum Gasteiger partial charge on any atom is 0.481 e. The number of aliphatic hydroxyl groups is 2. The molecule has 0 spiro atoms. The molecule has 15 N–H and O–H groups in total. The van der Waals surface area contributed by atoms with E-state index < -0.39 is 72.9 Å². The number of rotatable bonds is 29. The van der Waals surface area contributed by atoms with Gasteiger partial charge in [0.05, 0.1) is 26.1 Å². The van der Waals surface area contributed by atoms with E-state index in [0.29, 0.717) is 25.4 Å². The van der Waals surface area contributed by atoms with E-state index in [1.807, 2.05) is 0 Å². The summed E-state index contributed by atoms with van der Waals surface area (Å²) in [5.41, 5.74) is 9.98. The fourth-order valence-corrected chi connectivity index (χ4v) is 8.56. The number of nitrogens with one attached hydrogen (secondary N) is 5. The summed E-state index contributed by atoms with van der Waals surface area (Å²) < 4.78 is 62.4. The molecule has 0 radical (unpaired) electrons. The molecule has 3 rings (SSSR count).